The normalized spacial score (nSPS) is 20.6. The van der Waals surface area contributed by atoms with Crippen LogP contribution >= 0.6 is 24.0 Å². The highest BCUT2D eigenvalue weighted by atomic mass is 127. The van der Waals surface area contributed by atoms with E-state index in [2.05, 4.69) is 48.2 Å². The van der Waals surface area contributed by atoms with E-state index < -0.39 is 0 Å². The molecule has 1 aliphatic heterocycles. The van der Waals surface area contributed by atoms with Crippen molar-refractivity contribution >= 4 is 29.9 Å². The Labute approximate surface area is 142 Å². The number of hydrogen-bond acceptors (Lipinski definition) is 2. The van der Waals surface area contributed by atoms with E-state index in [0.29, 0.717) is 12.0 Å². The van der Waals surface area contributed by atoms with E-state index in [0.717, 1.165) is 32.1 Å². The van der Waals surface area contributed by atoms with Crippen LogP contribution in [0.2, 0.25) is 0 Å². The maximum Gasteiger partial charge on any atom is 0.191 e. The summed E-state index contributed by atoms with van der Waals surface area (Å²) in [6, 6.07) is 0.668. The summed E-state index contributed by atoms with van der Waals surface area (Å²) < 4.78 is 0. The number of aliphatic imine (C=N–C) groups is 1. The number of halogens is 1. The van der Waals surface area contributed by atoms with E-state index in [4.69, 9.17) is 0 Å². The van der Waals surface area contributed by atoms with Gasteiger partial charge in [-0.2, -0.15) is 0 Å². The molecule has 1 heterocycles. The van der Waals surface area contributed by atoms with Crippen LogP contribution in [0.15, 0.2) is 4.99 Å². The fourth-order valence-electron chi connectivity index (χ4n) is 2.54. The number of nitrogens with one attached hydrogen (secondary N) is 2. The summed E-state index contributed by atoms with van der Waals surface area (Å²) in [6.07, 6.45) is 4.03. The molecule has 1 saturated heterocycles. The molecule has 0 bridgehead atoms. The zero-order valence-electron chi connectivity index (χ0n) is 13.6. The molecule has 120 valence electrons. The molecule has 0 aliphatic carbocycles. The standard InChI is InChI=1S/C15H32N4.HI/c1-5-16-15(17-11-13(3)4)18-12-14-9-7-8-10-19(14)6-2;/h13-14H,5-12H2,1-4H3,(H2,16,17,18);1H. The SMILES string of the molecule is CCNC(=NCC(C)C)NCC1CCCCN1CC.I. The molecule has 0 aromatic heterocycles. The molecule has 20 heavy (non-hydrogen) atoms. The molecule has 2 N–H and O–H groups in total. The fraction of sp³-hybridized carbons (Fsp3) is 0.933. The van der Waals surface area contributed by atoms with Gasteiger partial charge in [0, 0.05) is 25.7 Å². The molecule has 0 aromatic rings. The Morgan fingerprint density at radius 2 is 2.00 bits per heavy atom. The molecule has 1 atom stereocenters. The molecular weight excluding hydrogens is 363 g/mol. The minimum absolute atomic E-state index is 0. The maximum absolute atomic E-state index is 4.62. The number of hydrogen-bond donors (Lipinski definition) is 2. The summed E-state index contributed by atoms with van der Waals surface area (Å²) in [6.45, 7) is 14.0. The van der Waals surface area contributed by atoms with E-state index in [-0.39, 0.29) is 24.0 Å². The predicted octanol–water partition coefficient (Wildman–Crippen LogP) is 2.69. The molecular formula is C15H33IN4. The summed E-state index contributed by atoms with van der Waals surface area (Å²) >= 11 is 0. The summed E-state index contributed by atoms with van der Waals surface area (Å²) in [5.74, 6) is 1.58. The second kappa shape index (κ2) is 11.6. The van der Waals surface area contributed by atoms with Crippen molar-refractivity contribution in [3.05, 3.63) is 0 Å². The van der Waals surface area contributed by atoms with Gasteiger partial charge in [0.25, 0.3) is 0 Å². The lowest BCUT2D eigenvalue weighted by Gasteiger charge is -2.35. The van der Waals surface area contributed by atoms with Crippen molar-refractivity contribution in [2.45, 2.75) is 53.0 Å². The average Bonchev–Trinajstić information content (AvgIpc) is 2.42. The molecule has 4 nitrogen and oxygen atoms in total. The second-order valence-electron chi connectivity index (χ2n) is 5.77. The van der Waals surface area contributed by atoms with Crippen molar-refractivity contribution in [3.63, 3.8) is 0 Å². The van der Waals surface area contributed by atoms with Gasteiger partial charge in [0.2, 0.25) is 0 Å². The molecule has 0 spiro atoms. The number of nitrogens with zero attached hydrogens (tertiary/aromatic N) is 2. The highest BCUT2D eigenvalue weighted by Crippen LogP contribution is 2.15. The molecule has 1 fully saturated rings. The molecule has 0 amide bonds. The molecule has 5 heteroatoms. The van der Waals surface area contributed by atoms with Gasteiger partial charge in [0.15, 0.2) is 5.96 Å². The first-order valence-corrected chi connectivity index (χ1v) is 7.93. The summed E-state index contributed by atoms with van der Waals surface area (Å²) in [5, 5.41) is 6.84. The van der Waals surface area contributed by atoms with Gasteiger partial charge >= 0.3 is 0 Å². The second-order valence-corrected chi connectivity index (χ2v) is 5.77. The minimum Gasteiger partial charge on any atom is -0.357 e. The number of piperidine rings is 1. The third kappa shape index (κ3) is 7.67. The first-order valence-electron chi connectivity index (χ1n) is 7.93. The van der Waals surface area contributed by atoms with Crippen LogP contribution in [0.25, 0.3) is 0 Å². The number of guanidine groups is 1. The Morgan fingerprint density at radius 1 is 1.25 bits per heavy atom. The summed E-state index contributed by atoms with van der Waals surface area (Å²) in [4.78, 5) is 7.21. The molecule has 1 rings (SSSR count). The maximum atomic E-state index is 4.62. The monoisotopic (exact) mass is 396 g/mol. The first kappa shape index (κ1) is 20.0. The smallest absolute Gasteiger partial charge is 0.191 e. The van der Waals surface area contributed by atoms with E-state index in [1.807, 2.05) is 0 Å². The van der Waals surface area contributed by atoms with E-state index in [9.17, 15) is 0 Å². The zero-order chi connectivity index (χ0) is 14.1. The fourth-order valence-corrected chi connectivity index (χ4v) is 2.54. The molecule has 1 aliphatic rings. The van der Waals surface area contributed by atoms with Crippen molar-refractivity contribution in [2.24, 2.45) is 10.9 Å². The van der Waals surface area contributed by atoms with Crippen LogP contribution in [0.4, 0.5) is 0 Å². The Morgan fingerprint density at radius 3 is 2.60 bits per heavy atom. The van der Waals surface area contributed by atoms with Gasteiger partial charge < -0.3 is 10.6 Å². The Kier molecular flexibility index (Phi) is 11.6. The van der Waals surface area contributed by atoms with Crippen LogP contribution in [0.5, 0.6) is 0 Å². The van der Waals surface area contributed by atoms with Crippen LogP contribution < -0.4 is 10.6 Å². The van der Waals surface area contributed by atoms with Crippen LogP contribution in [0.3, 0.4) is 0 Å². The largest absolute Gasteiger partial charge is 0.357 e. The van der Waals surface area contributed by atoms with Crippen molar-refractivity contribution < 1.29 is 0 Å². The highest BCUT2D eigenvalue weighted by Gasteiger charge is 2.20. The van der Waals surface area contributed by atoms with Gasteiger partial charge in [-0.25, -0.2) is 0 Å². The Balaban J connectivity index is 0.00000361. The lowest BCUT2D eigenvalue weighted by Crippen LogP contribution is -2.49. The van der Waals surface area contributed by atoms with Crippen LogP contribution in [0.1, 0.15) is 47.0 Å². The first-order chi connectivity index (χ1) is 9.17. The van der Waals surface area contributed by atoms with Gasteiger partial charge in [0.1, 0.15) is 0 Å². The van der Waals surface area contributed by atoms with Crippen LogP contribution in [-0.2, 0) is 0 Å². The zero-order valence-corrected chi connectivity index (χ0v) is 15.9. The molecule has 1 unspecified atom stereocenters. The molecule has 0 saturated carbocycles. The van der Waals surface area contributed by atoms with E-state index in [1.165, 1.54) is 25.8 Å². The average molecular weight is 396 g/mol. The lowest BCUT2D eigenvalue weighted by atomic mass is 10.0. The number of likely N-dealkylation sites (N-methyl/N-ethyl adjacent to an activating group) is 1. The van der Waals surface area contributed by atoms with Gasteiger partial charge in [-0.3, -0.25) is 9.89 Å². The van der Waals surface area contributed by atoms with Crippen molar-refractivity contribution in [2.75, 3.05) is 32.7 Å². The minimum atomic E-state index is 0. The van der Waals surface area contributed by atoms with E-state index in [1.54, 1.807) is 0 Å². The quantitative estimate of drug-likeness (QED) is 0.412. The molecule has 0 aromatic carbocycles. The van der Waals surface area contributed by atoms with Crippen LogP contribution in [-0.4, -0.2) is 49.6 Å². The molecule has 0 radical (unpaired) electrons. The highest BCUT2D eigenvalue weighted by molar-refractivity contribution is 14.0. The Hall–Kier alpha value is -0.0400. The topological polar surface area (TPSA) is 39.7 Å². The number of rotatable bonds is 6. The van der Waals surface area contributed by atoms with Crippen molar-refractivity contribution in [3.8, 4) is 0 Å². The van der Waals surface area contributed by atoms with Crippen LogP contribution in [0, 0.1) is 5.92 Å². The van der Waals surface area contributed by atoms with E-state index >= 15 is 0 Å². The van der Waals surface area contributed by atoms with Gasteiger partial charge in [-0.05, 0) is 38.8 Å². The third-order valence-corrected chi connectivity index (χ3v) is 3.62. The number of likely N-dealkylation sites (tertiary alicyclic amines) is 1. The van der Waals surface area contributed by atoms with Gasteiger partial charge in [-0.15, -0.1) is 24.0 Å². The summed E-state index contributed by atoms with van der Waals surface area (Å²) in [5.41, 5.74) is 0. The predicted molar refractivity (Wildman–Crippen MR) is 99.1 cm³/mol. The van der Waals surface area contributed by atoms with Crippen molar-refractivity contribution in [1.29, 1.82) is 0 Å². The van der Waals surface area contributed by atoms with Crippen molar-refractivity contribution in [1.82, 2.24) is 15.5 Å². The summed E-state index contributed by atoms with van der Waals surface area (Å²) in [7, 11) is 0. The third-order valence-electron chi connectivity index (χ3n) is 3.62. The Bertz CT molecular complexity index is 269. The lowest BCUT2D eigenvalue weighted by molar-refractivity contribution is 0.157. The van der Waals surface area contributed by atoms with Gasteiger partial charge in [-0.1, -0.05) is 27.2 Å². The van der Waals surface area contributed by atoms with Gasteiger partial charge in [0.05, 0.1) is 0 Å².